The second-order valence-electron chi connectivity index (χ2n) is 8.58. The summed E-state index contributed by atoms with van der Waals surface area (Å²) in [6.07, 6.45) is 3.74. The topological polar surface area (TPSA) is 136 Å². The number of aryl methyl sites for hydroxylation is 1. The highest BCUT2D eigenvalue weighted by molar-refractivity contribution is 7.57. The Bertz CT molecular complexity index is 1170. The number of rotatable bonds is 11. The maximum absolute atomic E-state index is 14.0. The lowest BCUT2D eigenvalue weighted by molar-refractivity contribution is -0.188. The Labute approximate surface area is 204 Å². The van der Waals surface area contributed by atoms with E-state index >= 15 is 0 Å². The summed E-state index contributed by atoms with van der Waals surface area (Å²) in [7, 11) is -3.50. The smallest absolute Gasteiger partial charge is 0.342 e. The molecule has 1 aliphatic rings. The second-order valence-corrected chi connectivity index (χ2v) is 10.6. The van der Waals surface area contributed by atoms with Crippen LogP contribution < -0.4 is 15.3 Å². The molecule has 190 valence electrons. The number of hydrogen-bond acceptors (Lipinski definition) is 9. The van der Waals surface area contributed by atoms with Gasteiger partial charge in [0.2, 0.25) is 0 Å². The van der Waals surface area contributed by atoms with Gasteiger partial charge in [0.1, 0.15) is 23.9 Å². The first kappa shape index (κ1) is 25.5. The molecule has 2 aromatic heterocycles. The Kier molecular flexibility index (Phi) is 8.35. The van der Waals surface area contributed by atoms with E-state index < -0.39 is 13.8 Å². The summed E-state index contributed by atoms with van der Waals surface area (Å²) in [4.78, 5) is 12.5. The van der Waals surface area contributed by atoms with Crippen LogP contribution in [0.3, 0.4) is 0 Å². The van der Waals surface area contributed by atoms with Gasteiger partial charge in [-0.15, -0.1) is 0 Å². The van der Waals surface area contributed by atoms with E-state index in [0.29, 0.717) is 42.5 Å². The highest BCUT2D eigenvalue weighted by atomic mass is 31.2. The van der Waals surface area contributed by atoms with Crippen molar-refractivity contribution in [1.82, 2.24) is 24.6 Å². The Balaban J connectivity index is 1.46. The molecule has 0 aliphatic carbocycles. The number of anilines is 1. The molecule has 12 heteroatoms. The summed E-state index contributed by atoms with van der Waals surface area (Å²) >= 11 is 0. The number of ether oxygens (including phenoxy) is 3. The molecule has 3 heterocycles. The maximum atomic E-state index is 14.0. The van der Waals surface area contributed by atoms with E-state index in [0.717, 1.165) is 18.4 Å². The first-order valence-electron chi connectivity index (χ1n) is 11.8. The van der Waals surface area contributed by atoms with Gasteiger partial charge in [0, 0.05) is 0 Å². The predicted molar refractivity (Wildman–Crippen MR) is 132 cm³/mol. The average Bonchev–Trinajstić information content (AvgIpc) is 3.27. The Hall–Kier alpha value is -2.56. The molecule has 1 aliphatic heterocycles. The predicted octanol–water partition coefficient (Wildman–Crippen LogP) is 3.35. The van der Waals surface area contributed by atoms with E-state index in [9.17, 15) is 4.57 Å². The Morgan fingerprint density at radius 2 is 2.06 bits per heavy atom. The summed E-state index contributed by atoms with van der Waals surface area (Å²) < 4.78 is 39.2. The van der Waals surface area contributed by atoms with Crippen molar-refractivity contribution in [1.29, 1.82) is 0 Å². The van der Waals surface area contributed by atoms with Crippen LogP contribution in [-0.2, 0) is 31.7 Å². The third-order valence-electron chi connectivity index (χ3n) is 5.63. The molecule has 0 radical (unpaired) electrons. The van der Waals surface area contributed by atoms with Crippen LogP contribution in [-0.4, -0.2) is 57.5 Å². The van der Waals surface area contributed by atoms with E-state index in [1.54, 1.807) is 12.4 Å². The van der Waals surface area contributed by atoms with Gasteiger partial charge >= 0.3 is 7.52 Å². The van der Waals surface area contributed by atoms with Crippen molar-refractivity contribution in [2.75, 3.05) is 25.3 Å². The van der Waals surface area contributed by atoms with Crippen LogP contribution in [0.5, 0.6) is 5.75 Å². The van der Waals surface area contributed by atoms with E-state index in [-0.39, 0.29) is 18.5 Å². The third-order valence-corrected chi connectivity index (χ3v) is 7.43. The number of nitrogen functional groups attached to an aromatic ring is 1. The monoisotopic (exact) mass is 504 g/mol. The van der Waals surface area contributed by atoms with Crippen molar-refractivity contribution in [2.24, 2.45) is 0 Å². The van der Waals surface area contributed by atoms with Gasteiger partial charge in [-0.2, -0.15) is 0 Å². The highest BCUT2D eigenvalue weighted by Crippen LogP contribution is 2.44. The van der Waals surface area contributed by atoms with Gasteiger partial charge in [-0.1, -0.05) is 19.1 Å². The number of imidazole rings is 1. The number of fused-ring (bicyclic) bond motifs is 1. The van der Waals surface area contributed by atoms with Gasteiger partial charge in [-0.25, -0.2) is 20.0 Å². The van der Waals surface area contributed by atoms with Crippen molar-refractivity contribution in [3.8, 4) is 5.75 Å². The first-order chi connectivity index (χ1) is 16.9. The van der Waals surface area contributed by atoms with Crippen molar-refractivity contribution >= 4 is 24.5 Å². The molecule has 0 spiro atoms. The van der Waals surface area contributed by atoms with Crippen molar-refractivity contribution < 1.29 is 23.3 Å². The number of hydrogen-bond donors (Lipinski definition) is 2. The number of nitrogens with two attached hydrogens (primary N) is 1. The quantitative estimate of drug-likeness (QED) is 0.374. The van der Waals surface area contributed by atoms with Crippen LogP contribution in [0.25, 0.3) is 11.2 Å². The van der Waals surface area contributed by atoms with Gasteiger partial charge in [0.15, 0.2) is 17.8 Å². The van der Waals surface area contributed by atoms with Crippen molar-refractivity contribution in [2.45, 2.75) is 58.6 Å². The molecule has 35 heavy (non-hydrogen) atoms. The lowest BCUT2D eigenvalue weighted by atomic mass is 10.2. The molecule has 0 amide bonds. The lowest BCUT2D eigenvalue weighted by Gasteiger charge is -2.32. The molecule has 1 aromatic carbocycles. The summed E-state index contributed by atoms with van der Waals surface area (Å²) in [5, 5.41) is 3.10. The third kappa shape index (κ3) is 6.56. The van der Waals surface area contributed by atoms with E-state index in [4.69, 9.17) is 24.5 Å². The number of nitrogens with one attached hydrogen (secondary N) is 1. The summed E-state index contributed by atoms with van der Waals surface area (Å²) in [5.41, 5.74) is 8.11. The lowest BCUT2D eigenvalue weighted by Crippen LogP contribution is -2.43. The SMILES string of the molecule is CCc1cccc(OP(=O)(CO[C@H](C)Cn2cnc3c(N)ncnc32)N[C@@H](C)C2OCCCO2)c1. The second kappa shape index (κ2) is 11.5. The van der Waals surface area contributed by atoms with Gasteiger partial charge in [-0.05, 0) is 44.4 Å². The summed E-state index contributed by atoms with van der Waals surface area (Å²) in [6.45, 7) is 7.43. The molecule has 3 N–H and O–H groups in total. The first-order valence-corrected chi connectivity index (χ1v) is 13.6. The summed E-state index contributed by atoms with van der Waals surface area (Å²) in [6, 6.07) is 7.19. The van der Waals surface area contributed by atoms with Gasteiger partial charge in [-0.3, -0.25) is 4.57 Å². The molecule has 0 bridgehead atoms. The molecule has 1 fully saturated rings. The van der Waals surface area contributed by atoms with Crippen LogP contribution in [0, 0.1) is 0 Å². The zero-order chi connectivity index (χ0) is 24.8. The van der Waals surface area contributed by atoms with Gasteiger partial charge in [0.25, 0.3) is 0 Å². The fraction of sp³-hybridized carbons (Fsp3) is 0.522. The van der Waals surface area contributed by atoms with Gasteiger partial charge < -0.3 is 29.0 Å². The van der Waals surface area contributed by atoms with E-state index in [1.165, 1.54) is 6.33 Å². The molecule has 4 rings (SSSR count). The minimum Gasteiger partial charge on any atom is -0.431 e. The fourth-order valence-corrected chi connectivity index (χ4v) is 5.66. The zero-order valence-electron chi connectivity index (χ0n) is 20.3. The van der Waals surface area contributed by atoms with Crippen LogP contribution in [0.2, 0.25) is 0 Å². The van der Waals surface area contributed by atoms with Crippen LogP contribution in [0.15, 0.2) is 36.9 Å². The van der Waals surface area contributed by atoms with E-state index in [1.807, 2.05) is 36.6 Å². The minimum absolute atomic E-state index is 0.147. The molecule has 1 unspecified atom stereocenters. The molecular formula is C23H33N6O5P. The molecular weight excluding hydrogens is 471 g/mol. The largest absolute Gasteiger partial charge is 0.431 e. The molecule has 11 nitrogen and oxygen atoms in total. The highest BCUT2D eigenvalue weighted by Gasteiger charge is 2.33. The number of nitrogens with zero attached hydrogens (tertiary/aromatic N) is 4. The van der Waals surface area contributed by atoms with E-state index in [2.05, 4.69) is 27.0 Å². The van der Waals surface area contributed by atoms with Crippen LogP contribution in [0.1, 0.15) is 32.8 Å². The van der Waals surface area contributed by atoms with Crippen LogP contribution >= 0.6 is 7.52 Å². The molecule has 1 saturated heterocycles. The Morgan fingerprint density at radius 1 is 1.26 bits per heavy atom. The Morgan fingerprint density at radius 3 is 2.83 bits per heavy atom. The molecule has 3 aromatic rings. The average molecular weight is 505 g/mol. The zero-order valence-corrected chi connectivity index (χ0v) is 21.2. The number of benzene rings is 1. The maximum Gasteiger partial charge on any atom is 0.342 e. The number of aromatic nitrogens is 4. The van der Waals surface area contributed by atoms with Gasteiger partial charge in [0.05, 0.1) is 38.2 Å². The van der Waals surface area contributed by atoms with Crippen molar-refractivity contribution in [3.05, 3.63) is 42.5 Å². The van der Waals surface area contributed by atoms with Crippen LogP contribution in [0.4, 0.5) is 5.82 Å². The minimum atomic E-state index is -3.50. The normalized spacial score (nSPS) is 18.3. The van der Waals surface area contributed by atoms with Crippen molar-refractivity contribution in [3.63, 3.8) is 0 Å². The fourth-order valence-electron chi connectivity index (χ4n) is 3.84. The standard InChI is InChI=1S/C23H33N6O5P/c1-4-18-7-5-8-19(11-18)34-35(30,28-17(3)23-31-9-6-10-32-23)15-33-16(2)12-29-14-27-20-21(24)25-13-26-22(20)29/h5,7-8,11,13-14,16-17,23H,4,6,9-10,12,15H2,1-3H3,(H,28,30)(H2,24,25,26)/t16-,17+,35?/m1/s1. The molecule has 3 atom stereocenters. The summed E-state index contributed by atoms with van der Waals surface area (Å²) in [5.74, 6) is 0.835. The molecule has 0 saturated carbocycles.